The molecule has 2 heterocycles. The minimum absolute atomic E-state index is 0.404. The number of aryl methyl sites for hydroxylation is 3. The lowest BCUT2D eigenvalue weighted by molar-refractivity contribution is 0.164. The van der Waals surface area contributed by atoms with Crippen LogP contribution in [0.3, 0.4) is 0 Å². The number of oxazole rings is 1. The van der Waals surface area contributed by atoms with Crippen LogP contribution in [-0.2, 0) is 6.54 Å². The first-order valence-corrected chi connectivity index (χ1v) is 11.7. The van der Waals surface area contributed by atoms with Gasteiger partial charge in [-0.1, -0.05) is 36.8 Å². The van der Waals surface area contributed by atoms with Crippen LogP contribution in [0.5, 0.6) is 0 Å². The Morgan fingerprint density at radius 3 is 2.65 bits per heavy atom. The predicted octanol–water partition coefficient (Wildman–Crippen LogP) is 4.17. The molecule has 1 aromatic heterocycles. The van der Waals surface area contributed by atoms with Gasteiger partial charge in [-0.2, -0.15) is 0 Å². The molecule has 0 aliphatic carbocycles. The number of likely N-dealkylation sites (tertiary alicyclic amines) is 1. The molecule has 2 aromatic rings. The van der Waals surface area contributed by atoms with Gasteiger partial charge in [-0.25, -0.2) is 4.98 Å². The van der Waals surface area contributed by atoms with Crippen molar-refractivity contribution in [2.75, 3.05) is 32.7 Å². The standard InChI is InChI=1S/C25H39N5O/c1-6-26-25(27-15-19(3)23-9-7-8-18(2)14-23)28-16-22-10-12-30(13-11-22)17-24-29-20(4)21(5)31-24/h7-9,14,19,22H,6,10-13,15-17H2,1-5H3,(H2,26,27,28). The fraction of sp³-hybridized carbons (Fsp3) is 0.600. The van der Waals surface area contributed by atoms with E-state index in [1.807, 2.05) is 13.8 Å². The lowest BCUT2D eigenvalue weighted by Crippen LogP contribution is -2.43. The van der Waals surface area contributed by atoms with Crippen molar-refractivity contribution < 1.29 is 4.42 Å². The Labute approximate surface area is 187 Å². The van der Waals surface area contributed by atoms with Crippen LogP contribution in [0, 0.1) is 26.7 Å². The molecule has 1 saturated heterocycles. The summed E-state index contributed by atoms with van der Waals surface area (Å²) in [6.07, 6.45) is 2.37. The molecule has 6 nitrogen and oxygen atoms in total. The first-order chi connectivity index (χ1) is 14.9. The minimum Gasteiger partial charge on any atom is -0.444 e. The summed E-state index contributed by atoms with van der Waals surface area (Å²) in [5.74, 6) is 3.77. The van der Waals surface area contributed by atoms with E-state index in [9.17, 15) is 0 Å². The molecule has 1 aliphatic heterocycles. The van der Waals surface area contributed by atoms with Crippen molar-refractivity contribution >= 4 is 5.96 Å². The van der Waals surface area contributed by atoms with Crippen LogP contribution in [0.4, 0.5) is 0 Å². The van der Waals surface area contributed by atoms with E-state index < -0.39 is 0 Å². The molecule has 0 amide bonds. The highest BCUT2D eigenvalue weighted by Crippen LogP contribution is 2.20. The average molecular weight is 426 g/mol. The highest BCUT2D eigenvalue weighted by Gasteiger charge is 2.21. The summed E-state index contributed by atoms with van der Waals surface area (Å²) in [7, 11) is 0. The number of benzene rings is 1. The lowest BCUT2D eigenvalue weighted by atomic mass is 9.97. The number of hydrogen-bond acceptors (Lipinski definition) is 4. The van der Waals surface area contributed by atoms with Gasteiger partial charge in [0.2, 0.25) is 5.89 Å². The number of aliphatic imine (C=N–C) groups is 1. The molecule has 3 rings (SSSR count). The maximum absolute atomic E-state index is 5.75. The average Bonchev–Trinajstić information content (AvgIpc) is 3.07. The Hall–Kier alpha value is -2.34. The van der Waals surface area contributed by atoms with Crippen molar-refractivity contribution in [2.24, 2.45) is 10.9 Å². The van der Waals surface area contributed by atoms with Crippen molar-refractivity contribution in [2.45, 2.75) is 59.9 Å². The number of piperidine rings is 1. The quantitative estimate of drug-likeness (QED) is 0.491. The fourth-order valence-corrected chi connectivity index (χ4v) is 4.04. The minimum atomic E-state index is 0.404. The monoisotopic (exact) mass is 425 g/mol. The zero-order valence-corrected chi connectivity index (χ0v) is 19.9. The normalized spacial score (nSPS) is 17.0. The van der Waals surface area contributed by atoms with Crippen molar-refractivity contribution in [1.82, 2.24) is 20.5 Å². The van der Waals surface area contributed by atoms with Crippen molar-refractivity contribution in [3.05, 3.63) is 52.7 Å². The number of hydrogen-bond donors (Lipinski definition) is 2. The molecule has 0 bridgehead atoms. The third kappa shape index (κ3) is 7.10. The number of nitrogens with one attached hydrogen (secondary N) is 2. The van der Waals surface area contributed by atoms with E-state index in [1.54, 1.807) is 0 Å². The zero-order chi connectivity index (χ0) is 22.2. The summed E-state index contributed by atoms with van der Waals surface area (Å²) in [4.78, 5) is 11.8. The molecule has 1 atom stereocenters. The molecule has 0 spiro atoms. The predicted molar refractivity (Wildman–Crippen MR) is 128 cm³/mol. The SMILES string of the molecule is CCNC(=NCC(C)c1cccc(C)c1)NCC1CCN(Cc2nc(C)c(C)o2)CC1. The van der Waals surface area contributed by atoms with Crippen molar-refractivity contribution in [3.8, 4) is 0 Å². The first-order valence-electron chi connectivity index (χ1n) is 11.7. The number of aromatic nitrogens is 1. The van der Waals surface area contributed by atoms with Crippen LogP contribution in [-0.4, -0.2) is 48.6 Å². The summed E-state index contributed by atoms with van der Waals surface area (Å²) in [5.41, 5.74) is 3.65. The summed E-state index contributed by atoms with van der Waals surface area (Å²) < 4.78 is 5.75. The van der Waals surface area contributed by atoms with Crippen molar-refractivity contribution in [3.63, 3.8) is 0 Å². The van der Waals surface area contributed by atoms with Gasteiger partial charge in [-0.05, 0) is 65.1 Å². The van der Waals surface area contributed by atoms with Gasteiger partial charge in [-0.3, -0.25) is 9.89 Å². The zero-order valence-electron chi connectivity index (χ0n) is 19.9. The maximum atomic E-state index is 5.75. The van der Waals surface area contributed by atoms with Crippen LogP contribution in [0.15, 0.2) is 33.7 Å². The molecule has 1 aromatic carbocycles. The number of rotatable bonds is 8. The van der Waals surface area contributed by atoms with E-state index in [1.165, 1.54) is 24.0 Å². The summed E-state index contributed by atoms with van der Waals surface area (Å²) >= 11 is 0. The Morgan fingerprint density at radius 2 is 2.00 bits per heavy atom. The summed E-state index contributed by atoms with van der Waals surface area (Å²) in [5, 5.41) is 6.97. The van der Waals surface area contributed by atoms with Crippen molar-refractivity contribution in [1.29, 1.82) is 0 Å². The van der Waals surface area contributed by atoms with Crippen LogP contribution < -0.4 is 10.6 Å². The Bertz CT molecular complexity index is 832. The molecule has 1 aliphatic rings. The van der Waals surface area contributed by atoms with Gasteiger partial charge in [0.25, 0.3) is 0 Å². The highest BCUT2D eigenvalue weighted by molar-refractivity contribution is 5.79. The first kappa shape index (κ1) is 23.3. The Kier molecular flexibility index (Phi) is 8.52. The Balaban J connectivity index is 1.44. The van der Waals surface area contributed by atoms with E-state index in [2.05, 4.69) is 65.6 Å². The molecular formula is C25H39N5O. The second-order valence-electron chi connectivity index (χ2n) is 8.88. The van der Waals surface area contributed by atoms with E-state index in [4.69, 9.17) is 9.41 Å². The molecule has 31 heavy (non-hydrogen) atoms. The van der Waals surface area contributed by atoms with Gasteiger partial charge >= 0.3 is 0 Å². The third-order valence-corrected chi connectivity index (χ3v) is 6.18. The molecule has 2 N–H and O–H groups in total. The van der Waals surface area contributed by atoms with Gasteiger partial charge < -0.3 is 15.1 Å². The topological polar surface area (TPSA) is 65.7 Å². The van der Waals surface area contributed by atoms with Gasteiger partial charge in [-0.15, -0.1) is 0 Å². The fourth-order valence-electron chi connectivity index (χ4n) is 4.04. The molecule has 6 heteroatoms. The van der Waals surface area contributed by atoms with Gasteiger partial charge in [0, 0.05) is 25.6 Å². The Morgan fingerprint density at radius 1 is 1.23 bits per heavy atom. The van der Waals surface area contributed by atoms with Gasteiger partial charge in [0.1, 0.15) is 5.76 Å². The van der Waals surface area contributed by atoms with Gasteiger partial charge in [0.05, 0.1) is 12.2 Å². The van der Waals surface area contributed by atoms with E-state index >= 15 is 0 Å². The summed E-state index contributed by atoms with van der Waals surface area (Å²) in [6.45, 7) is 16.1. The molecular weight excluding hydrogens is 386 g/mol. The third-order valence-electron chi connectivity index (χ3n) is 6.18. The molecule has 1 unspecified atom stereocenters. The second kappa shape index (κ2) is 11.3. The highest BCUT2D eigenvalue weighted by atomic mass is 16.4. The maximum Gasteiger partial charge on any atom is 0.208 e. The van der Waals surface area contributed by atoms with Crippen LogP contribution >= 0.6 is 0 Å². The van der Waals surface area contributed by atoms with Crippen LogP contribution in [0.2, 0.25) is 0 Å². The van der Waals surface area contributed by atoms with E-state index in [-0.39, 0.29) is 0 Å². The lowest BCUT2D eigenvalue weighted by Gasteiger charge is -2.31. The smallest absolute Gasteiger partial charge is 0.208 e. The number of nitrogens with zero attached hydrogens (tertiary/aromatic N) is 3. The van der Waals surface area contributed by atoms with E-state index in [0.29, 0.717) is 11.8 Å². The van der Waals surface area contributed by atoms with E-state index in [0.717, 1.165) is 62.6 Å². The summed E-state index contributed by atoms with van der Waals surface area (Å²) in [6, 6.07) is 8.73. The van der Waals surface area contributed by atoms with Gasteiger partial charge in [0.15, 0.2) is 5.96 Å². The van der Waals surface area contributed by atoms with Crippen LogP contribution in [0.25, 0.3) is 0 Å². The molecule has 170 valence electrons. The molecule has 1 fully saturated rings. The second-order valence-corrected chi connectivity index (χ2v) is 8.88. The molecule has 0 saturated carbocycles. The molecule has 0 radical (unpaired) electrons. The van der Waals surface area contributed by atoms with Crippen LogP contribution in [0.1, 0.15) is 61.1 Å². The number of guanidine groups is 1. The largest absolute Gasteiger partial charge is 0.444 e.